The monoisotopic (exact) mass is 276 g/mol. The molecule has 0 bridgehead atoms. The van der Waals surface area contributed by atoms with Crippen LogP contribution in [-0.2, 0) is 23.4 Å². The second-order valence-electron chi connectivity index (χ2n) is 3.69. The lowest BCUT2D eigenvalue weighted by Gasteiger charge is -2.17. The van der Waals surface area contributed by atoms with E-state index in [0.717, 1.165) is 12.5 Å². The number of esters is 1. The molecule has 0 aliphatic carbocycles. The Hall–Kier alpha value is -0.693. The molecular formula is C12H24O5Si. The number of hydrogen-bond donors (Lipinski definition) is 0. The van der Waals surface area contributed by atoms with Crippen molar-refractivity contribution >= 4 is 15.7 Å². The molecule has 5 nitrogen and oxygen atoms in total. The van der Waals surface area contributed by atoms with Crippen LogP contribution in [0.2, 0.25) is 6.04 Å². The summed E-state index contributed by atoms with van der Waals surface area (Å²) in [6, 6.07) is 0.917. The molecule has 106 valence electrons. The van der Waals surface area contributed by atoms with Gasteiger partial charge < -0.3 is 18.6 Å². The van der Waals surface area contributed by atoms with Gasteiger partial charge in [0.05, 0.1) is 6.61 Å². The average molecular weight is 276 g/mol. The summed E-state index contributed by atoms with van der Waals surface area (Å²) in [5.74, 6) is -0.334. The smallest absolute Gasteiger partial charge is 0.333 e. The van der Waals surface area contributed by atoms with Crippen molar-refractivity contribution < 1.29 is 23.4 Å². The molecular weight excluding hydrogens is 252 g/mol. The fourth-order valence-corrected chi connectivity index (χ4v) is 2.05. The molecule has 0 aliphatic heterocycles. The number of rotatable bonds is 11. The summed E-state index contributed by atoms with van der Waals surface area (Å²) in [4.78, 5) is 11.1. The number of carbonyl (C=O) groups excluding carboxylic acids is 1. The average Bonchev–Trinajstić information content (AvgIpc) is 2.33. The van der Waals surface area contributed by atoms with Gasteiger partial charge in [-0.2, -0.15) is 0 Å². The summed E-state index contributed by atoms with van der Waals surface area (Å²) >= 11 is 0. The van der Waals surface area contributed by atoms with E-state index in [1.165, 1.54) is 0 Å². The van der Waals surface area contributed by atoms with Crippen molar-refractivity contribution in [1.82, 2.24) is 0 Å². The van der Waals surface area contributed by atoms with E-state index < -0.39 is 16.2 Å². The van der Waals surface area contributed by atoms with Gasteiger partial charge in [0.2, 0.25) is 0 Å². The van der Waals surface area contributed by atoms with Crippen LogP contribution in [0, 0.1) is 0 Å². The lowest BCUT2D eigenvalue weighted by molar-refractivity contribution is -0.243. The highest BCUT2D eigenvalue weighted by Crippen LogP contribution is 2.00. The van der Waals surface area contributed by atoms with Crippen molar-refractivity contribution in [2.75, 3.05) is 19.8 Å². The number of ether oxygens (including phenoxy) is 3. The number of carbonyl (C=O) groups is 1. The van der Waals surface area contributed by atoms with Crippen molar-refractivity contribution in [3.63, 3.8) is 0 Å². The molecule has 0 N–H and O–H groups in total. The van der Waals surface area contributed by atoms with Crippen LogP contribution in [0.1, 0.15) is 27.2 Å². The SMILES string of the molecule is C=C(C)C(=O)OCCC[SiH2]OC(OCC)OCC. The van der Waals surface area contributed by atoms with Crippen LogP contribution in [0.15, 0.2) is 12.2 Å². The van der Waals surface area contributed by atoms with Crippen LogP contribution in [-0.4, -0.2) is 42.0 Å². The quantitative estimate of drug-likeness (QED) is 0.188. The number of hydrogen-bond acceptors (Lipinski definition) is 5. The van der Waals surface area contributed by atoms with Gasteiger partial charge in [0.25, 0.3) is 6.48 Å². The zero-order valence-electron chi connectivity index (χ0n) is 11.6. The van der Waals surface area contributed by atoms with Gasteiger partial charge in [0.1, 0.15) is 0 Å². The van der Waals surface area contributed by atoms with E-state index in [0.29, 0.717) is 25.4 Å². The standard InChI is InChI=1S/C12H24O5Si/c1-5-14-12(15-6-2)17-18-9-7-8-16-11(13)10(3)4/h12H,3,5-9,18H2,1-2,4H3. The molecule has 0 atom stereocenters. The van der Waals surface area contributed by atoms with Gasteiger partial charge in [-0.3, -0.25) is 0 Å². The highest BCUT2D eigenvalue weighted by atomic mass is 28.2. The summed E-state index contributed by atoms with van der Waals surface area (Å²) in [5.41, 5.74) is 0.427. The summed E-state index contributed by atoms with van der Waals surface area (Å²) in [6.45, 7) is 9.94. The van der Waals surface area contributed by atoms with Crippen LogP contribution < -0.4 is 0 Å². The molecule has 0 aromatic rings. The van der Waals surface area contributed by atoms with Crippen molar-refractivity contribution in [2.45, 2.75) is 39.7 Å². The van der Waals surface area contributed by atoms with Gasteiger partial charge in [-0.15, -0.1) is 0 Å². The van der Waals surface area contributed by atoms with Gasteiger partial charge in [-0.25, -0.2) is 4.79 Å². The maximum Gasteiger partial charge on any atom is 0.333 e. The Morgan fingerprint density at radius 3 is 2.39 bits per heavy atom. The van der Waals surface area contributed by atoms with Crippen LogP contribution in [0.3, 0.4) is 0 Å². The van der Waals surface area contributed by atoms with Gasteiger partial charge in [0, 0.05) is 18.8 Å². The van der Waals surface area contributed by atoms with E-state index in [2.05, 4.69) is 6.58 Å². The van der Waals surface area contributed by atoms with Gasteiger partial charge in [0.15, 0.2) is 9.76 Å². The lowest BCUT2D eigenvalue weighted by Crippen LogP contribution is -2.23. The Kier molecular flexibility index (Phi) is 11.0. The van der Waals surface area contributed by atoms with E-state index >= 15 is 0 Å². The molecule has 0 heterocycles. The maximum absolute atomic E-state index is 11.1. The minimum absolute atomic E-state index is 0.334. The predicted molar refractivity (Wildman–Crippen MR) is 71.9 cm³/mol. The van der Waals surface area contributed by atoms with Gasteiger partial charge >= 0.3 is 5.97 Å². The summed E-state index contributed by atoms with van der Waals surface area (Å²) in [5, 5.41) is 0. The molecule has 0 aromatic carbocycles. The van der Waals surface area contributed by atoms with E-state index in [9.17, 15) is 4.79 Å². The normalized spacial score (nSPS) is 11.3. The third-order valence-electron chi connectivity index (χ3n) is 1.98. The minimum Gasteiger partial charge on any atom is -0.462 e. The molecule has 0 rings (SSSR count). The second-order valence-corrected chi connectivity index (χ2v) is 5.14. The van der Waals surface area contributed by atoms with E-state index in [1.807, 2.05) is 13.8 Å². The van der Waals surface area contributed by atoms with Crippen LogP contribution >= 0.6 is 0 Å². The van der Waals surface area contributed by atoms with Crippen LogP contribution in [0.5, 0.6) is 0 Å². The third-order valence-corrected chi connectivity index (χ3v) is 3.28. The third kappa shape index (κ3) is 9.35. The van der Waals surface area contributed by atoms with Crippen LogP contribution in [0.25, 0.3) is 0 Å². The van der Waals surface area contributed by atoms with Crippen molar-refractivity contribution in [1.29, 1.82) is 0 Å². The Balaban J connectivity index is 3.48. The van der Waals surface area contributed by atoms with Crippen molar-refractivity contribution in [3.8, 4) is 0 Å². The predicted octanol–water partition coefficient (Wildman–Crippen LogP) is 1.37. The molecule has 6 heteroatoms. The fraction of sp³-hybridized carbons (Fsp3) is 0.750. The highest BCUT2D eigenvalue weighted by molar-refractivity contribution is 6.27. The van der Waals surface area contributed by atoms with Gasteiger partial charge in [-0.05, 0) is 33.2 Å². The Morgan fingerprint density at radius 1 is 1.28 bits per heavy atom. The largest absolute Gasteiger partial charge is 0.462 e. The van der Waals surface area contributed by atoms with Crippen LogP contribution in [0.4, 0.5) is 0 Å². The molecule has 0 amide bonds. The maximum atomic E-state index is 11.1. The molecule has 18 heavy (non-hydrogen) atoms. The first-order valence-electron chi connectivity index (χ1n) is 6.29. The van der Waals surface area contributed by atoms with Crippen molar-refractivity contribution in [2.24, 2.45) is 0 Å². The van der Waals surface area contributed by atoms with Gasteiger partial charge in [-0.1, -0.05) is 6.58 Å². The molecule has 0 saturated heterocycles. The first kappa shape index (κ1) is 17.3. The lowest BCUT2D eigenvalue weighted by atomic mass is 10.4. The summed E-state index contributed by atoms with van der Waals surface area (Å²) in [6.07, 6.45) is 0.802. The first-order valence-corrected chi connectivity index (χ1v) is 7.87. The molecule has 0 aliphatic rings. The fourth-order valence-electron chi connectivity index (χ4n) is 1.09. The van der Waals surface area contributed by atoms with E-state index in [4.69, 9.17) is 18.6 Å². The molecule has 0 aromatic heterocycles. The summed E-state index contributed by atoms with van der Waals surface area (Å²) in [7, 11) is -0.705. The zero-order chi connectivity index (χ0) is 13.8. The Bertz CT molecular complexity index is 239. The first-order chi connectivity index (χ1) is 8.61. The Labute approximate surface area is 111 Å². The van der Waals surface area contributed by atoms with E-state index in [1.54, 1.807) is 6.92 Å². The minimum atomic E-state index is -0.705. The summed E-state index contributed by atoms with van der Waals surface area (Å²) < 4.78 is 21.0. The molecule has 0 fully saturated rings. The topological polar surface area (TPSA) is 54.0 Å². The zero-order valence-corrected chi connectivity index (χ0v) is 13.0. The van der Waals surface area contributed by atoms with E-state index in [-0.39, 0.29) is 5.97 Å². The molecule has 0 radical (unpaired) electrons. The molecule has 0 unspecified atom stereocenters. The second kappa shape index (κ2) is 11.4. The Morgan fingerprint density at radius 2 is 1.89 bits per heavy atom. The van der Waals surface area contributed by atoms with Crippen molar-refractivity contribution in [3.05, 3.63) is 12.2 Å². The molecule has 0 spiro atoms. The highest BCUT2D eigenvalue weighted by Gasteiger charge is 2.07. The molecule has 0 saturated carbocycles.